The minimum atomic E-state index is -4.51. The van der Waals surface area contributed by atoms with Crippen LogP contribution in [0.1, 0.15) is 53.0 Å². The molecule has 3 aliphatic rings. The van der Waals surface area contributed by atoms with Crippen molar-refractivity contribution >= 4 is 11.6 Å². The van der Waals surface area contributed by atoms with Crippen LogP contribution in [0.25, 0.3) is 0 Å². The molecule has 170 valence electrons. The van der Waals surface area contributed by atoms with Gasteiger partial charge in [0, 0.05) is 61.7 Å². The van der Waals surface area contributed by atoms with E-state index in [2.05, 4.69) is 9.97 Å². The Hall–Kier alpha value is -2.78. The maximum Gasteiger partial charge on any atom is 0.433 e. The Bertz CT molecular complexity index is 1070. The van der Waals surface area contributed by atoms with Crippen LogP contribution in [0.2, 0.25) is 0 Å². The predicted molar refractivity (Wildman–Crippen MR) is 105 cm³/mol. The summed E-state index contributed by atoms with van der Waals surface area (Å²) in [5.74, 6) is -0.115. The molecular weight excluding hydrogens is 431 g/mol. The van der Waals surface area contributed by atoms with Gasteiger partial charge in [-0.3, -0.25) is 14.8 Å². The lowest BCUT2D eigenvalue weighted by atomic mass is 9.95. The number of aromatic nitrogens is 2. The van der Waals surface area contributed by atoms with Gasteiger partial charge in [-0.15, -0.1) is 0 Å². The molecule has 5 rings (SSSR count). The topological polar surface area (TPSA) is 49.3 Å². The molecule has 0 spiro atoms. The fourth-order valence-electron chi connectivity index (χ4n) is 4.94. The lowest BCUT2D eigenvalue weighted by Gasteiger charge is -2.41. The first-order chi connectivity index (χ1) is 15.2. The molecule has 1 aliphatic carbocycles. The highest BCUT2D eigenvalue weighted by Crippen LogP contribution is 2.38. The van der Waals surface area contributed by atoms with E-state index in [4.69, 9.17) is 0 Å². The molecule has 0 saturated carbocycles. The van der Waals surface area contributed by atoms with E-state index in [1.165, 1.54) is 6.07 Å². The van der Waals surface area contributed by atoms with Gasteiger partial charge in [0.2, 0.25) is 5.91 Å². The standard InChI is InChI=1S/C22H21F5N4O/c23-21(24)20-16-11-31(10-15(16)14-2-1-3-17(14)29-20)19(32)6-12-8-30(9-12)13-4-5-28-18(7-13)22(25,26)27/h4-5,7,12,21H,1-3,6,8-11H2. The second-order valence-electron chi connectivity index (χ2n) is 8.66. The first kappa shape index (κ1) is 21.1. The van der Waals surface area contributed by atoms with Crippen LogP contribution in [0.3, 0.4) is 0 Å². The number of anilines is 1. The molecular formula is C22H21F5N4O. The van der Waals surface area contributed by atoms with Crippen LogP contribution in [0.4, 0.5) is 27.6 Å². The highest BCUT2D eigenvalue weighted by molar-refractivity contribution is 5.78. The van der Waals surface area contributed by atoms with Gasteiger partial charge in [-0.05, 0) is 42.5 Å². The number of carbonyl (C=O) groups excluding carboxylic acids is 1. The van der Waals surface area contributed by atoms with E-state index in [1.54, 1.807) is 9.80 Å². The molecule has 0 aromatic carbocycles. The first-order valence-corrected chi connectivity index (χ1v) is 10.6. The molecule has 0 N–H and O–H groups in total. The van der Waals surface area contributed by atoms with Crippen molar-refractivity contribution < 1.29 is 26.7 Å². The van der Waals surface area contributed by atoms with Crippen LogP contribution in [0.5, 0.6) is 0 Å². The third kappa shape index (κ3) is 3.69. The van der Waals surface area contributed by atoms with Crippen molar-refractivity contribution in [2.75, 3.05) is 18.0 Å². The number of fused-ring (bicyclic) bond motifs is 3. The molecule has 1 fully saturated rings. The molecule has 4 heterocycles. The number of alkyl halides is 5. The van der Waals surface area contributed by atoms with E-state index in [9.17, 15) is 26.7 Å². The Labute approximate surface area is 181 Å². The minimum Gasteiger partial charge on any atom is -0.371 e. The predicted octanol–water partition coefficient (Wildman–Crippen LogP) is 4.29. The van der Waals surface area contributed by atoms with Gasteiger partial charge in [0.05, 0.1) is 0 Å². The molecule has 1 amide bonds. The Morgan fingerprint density at radius 2 is 1.88 bits per heavy atom. The smallest absolute Gasteiger partial charge is 0.371 e. The average Bonchev–Trinajstić information content (AvgIpc) is 3.35. The van der Waals surface area contributed by atoms with Gasteiger partial charge in [0.1, 0.15) is 11.4 Å². The first-order valence-electron chi connectivity index (χ1n) is 10.6. The Morgan fingerprint density at radius 1 is 1.12 bits per heavy atom. The highest BCUT2D eigenvalue weighted by Gasteiger charge is 2.37. The summed E-state index contributed by atoms with van der Waals surface area (Å²) in [4.78, 5) is 23.8. The van der Waals surface area contributed by atoms with Crippen LogP contribution >= 0.6 is 0 Å². The van der Waals surface area contributed by atoms with Crippen molar-refractivity contribution in [2.24, 2.45) is 5.92 Å². The molecule has 0 atom stereocenters. The SMILES string of the molecule is O=C(CC1CN(c2ccnc(C(F)(F)F)c2)C1)N1Cc2c(C(F)F)nc3c(c2C1)CCC3. The number of amides is 1. The molecule has 0 bridgehead atoms. The molecule has 0 radical (unpaired) electrons. The Kier molecular flexibility index (Phi) is 5.05. The summed E-state index contributed by atoms with van der Waals surface area (Å²) in [6.45, 7) is 1.40. The van der Waals surface area contributed by atoms with E-state index in [-0.39, 0.29) is 30.5 Å². The fourth-order valence-corrected chi connectivity index (χ4v) is 4.94. The third-order valence-corrected chi connectivity index (χ3v) is 6.56. The normalized spacial score (nSPS) is 18.2. The van der Waals surface area contributed by atoms with Crippen LogP contribution in [0, 0.1) is 5.92 Å². The second-order valence-corrected chi connectivity index (χ2v) is 8.66. The van der Waals surface area contributed by atoms with Crippen molar-refractivity contribution in [1.82, 2.24) is 14.9 Å². The molecule has 0 unspecified atom stereocenters. The van der Waals surface area contributed by atoms with Gasteiger partial charge < -0.3 is 9.80 Å². The van der Waals surface area contributed by atoms with E-state index in [1.807, 2.05) is 0 Å². The van der Waals surface area contributed by atoms with Gasteiger partial charge >= 0.3 is 6.18 Å². The van der Waals surface area contributed by atoms with Crippen molar-refractivity contribution in [3.8, 4) is 0 Å². The molecule has 32 heavy (non-hydrogen) atoms. The van der Waals surface area contributed by atoms with Gasteiger partial charge in [-0.1, -0.05) is 0 Å². The number of halogens is 5. The lowest BCUT2D eigenvalue weighted by Crippen LogP contribution is -2.48. The van der Waals surface area contributed by atoms with Crippen LogP contribution in [0.15, 0.2) is 18.3 Å². The van der Waals surface area contributed by atoms with Crippen molar-refractivity contribution in [3.63, 3.8) is 0 Å². The molecule has 1 saturated heterocycles. The molecule has 2 aliphatic heterocycles. The molecule has 2 aromatic rings. The number of rotatable bonds is 4. The van der Waals surface area contributed by atoms with Gasteiger partial charge in [0.15, 0.2) is 0 Å². The van der Waals surface area contributed by atoms with Crippen molar-refractivity contribution in [3.05, 3.63) is 52.1 Å². The summed E-state index contributed by atoms with van der Waals surface area (Å²) in [5.41, 5.74) is 2.35. The van der Waals surface area contributed by atoms with Gasteiger partial charge in [-0.25, -0.2) is 8.78 Å². The Morgan fingerprint density at radius 3 is 2.59 bits per heavy atom. The van der Waals surface area contributed by atoms with E-state index >= 15 is 0 Å². The third-order valence-electron chi connectivity index (χ3n) is 6.56. The zero-order valence-electron chi connectivity index (χ0n) is 17.1. The van der Waals surface area contributed by atoms with E-state index in [0.717, 1.165) is 41.9 Å². The summed E-state index contributed by atoms with van der Waals surface area (Å²) in [7, 11) is 0. The van der Waals surface area contributed by atoms with E-state index < -0.39 is 18.3 Å². The quantitative estimate of drug-likeness (QED) is 0.650. The van der Waals surface area contributed by atoms with Crippen molar-refractivity contribution in [1.29, 1.82) is 0 Å². The summed E-state index contributed by atoms with van der Waals surface area (Å²) in [5, 5.41) is 0. The monoisotopic (exact) mass is 452 g/mol. The lowest BCUT2D eigenvalue weighted by molar-refractivity contribution is -0.141. The van der Waals surface area contributed by atoms with Crippen LogP contribution < -0.4 is 4.90 Å². The van der Waals surface area contributed by atoms with Crippen LogP contribution in [-0.4, -0.2) is 33.9 Å². The van der Waals surface area contributed by atoms with Gasteiger partial charge in [-0.2, -0.15) is 13.2 Å². The van der Waals surface area contributed by atoms with Crippen molar-refractivity contribution in [2.45, 2.75) is 51.4 Å². The van der Waals surface area contributed by atoms with Gasteiger partial charge in [0.25, 0.3) is 6.43 Å². The summed E-state index contributed by atoms with van der Waals surface area (Å²) in [6.07, 6.45) is -3.43. The number of nitrogens with zero attached hydrogens (tertiary/aromatic N) is 4. The maximum absolute atomic E-state index is 13.6. The summed E-state index contributed by atoms with van der Waals surface area (Å²) in [6, 6.07) is 2.53. The largest absolute Gasteiger partial charge is 0.433 e. The van der Waals surface area contributed by atoms with E-state index in [0.29, 0.717) is 37.3 Å². The Balaban J connectivity index is 1.23. The number of carbonyl (C=O) groups is 1. The fraction of sp³-hybridized carbons (Fsp3) is 0.500. The zero-order chi connectivity index (χ0) is 22.6. The molecule has 5 nitrogen and oxygen atoms in total. The van der Waals surface area contributed by atoms with Crippen LogP contribution in [-0.2, 0) is 36.9 Å². The number of hydrogen-bond acceptors (Lipinski definition) is 4. The average molecular weight is 452 g/mol. The zero-order valence-corrected chi connectivity index (χ0v) is 17.1. The number of hydrogen-bond donors (Lipinski definition) is 0. The highest BCUT2D eigenvalue weighted by atomic mass is 19.4. The minimum absolute atomic E-state index is 0.00660. The summed E-state index contributed by atoms with van der Waals surface area (Å²) >= 11 is 0. The second kappa shape index (κ2) is 7.67. The number of aryl methyl sites for hydroxylation is 1. The molecule has 10 heteroatoms. The maximum atomic E-state index is 13.6. The number of pyridine rings is 2. The molecule has 2 aromatic heterocycles. The summed E-state index contributed by atoms with van der Waals surface area (Å²) < 4.78 is 65.7.